The first-order valence-electron chi connectivity index (χ1n) is 10.8. The van der Waals surface area contributed by atoms with Crippen molar-refractivity contribution in [3.63, 3.8) is 0 Å². The minimum Gasteiger partial charge on any atom is -0.497 e. The van der Waals surface area contributed by atoms with Crippen molar-refractivity contribution in [1.29, 1.82) is 0 Å². The number of hydrogen-bond donors (Lipinski definition) is 2. The van der Waals surface area contributed by atoms with Crippen LogP contribution in [0.5, 0.6) is 17.2 Å². The van der Waals surface area contributed by atoms with Crippen LogP contribution in [0.2, 0.25) is 0 Å². The van der Waals surface area contributed by atoms with Crippen molar-refractivity contribution in [3.8, 4) is 17.2 Å². The van der Waals surface area contributed by atoms with Crippen molar-refractivity contribution in [2.75, 3.05) is 40.1 Å². The maximum Gasteiger partial charge on any atom is 0.231 e. The van der Waals surface area contributed by atoms with Gasteiger partial charge in [-0.3, -0.25) is 0 Å². The second-order valence-electron chi connectivity index (χ2n) is 8.61. The Hall–Kier alpha value is -2.70. The van der Waals surface area contributed by atoms with Crippen LogP contribution in [-0.4, -0.2) is 50.0 Å². The molecule has 3 aliphatic rings. The summed E-state index contributed by atoms with van der Waals surface area (Å²) in [6, 6.07) is 12.7. The van der Waals surface area contributed by atoms with Gasteiger partial charge in [0.1, 0.15) is 5.75 Å². The van der Waals surface area contributed by atoms with Crippen LogP contribution < -0.4 is 19.5 Å². The number of benzene rings is 2. The molecule has 1 saturated heterocycles. The predicted molar refractivity (Wildman–Crippen MR) is 116 cm³/mol. The molecule has 1 aromatic heterocycles. The highest BCUT2D eigenvalue weighted by atomic mass is 16.7. The first-order valence-corrected chi connectivity index (χ1v) is 10.8. The molecule has 6 nitrogen and oxygen atoms in total. The zero-order valence-electron chi connectivity index (χ0n) is 17.3. The maximum atomic E-state index is 5.53. The Labute approximate surface area is 176 Å². The van der Waals surface area contributed by atoms with Gasteiger partial charge in [0.2, 0.25) is 6.79 Å². The van der Waals surface area contributed by atoms with Gasteiger partial charge in [0, 0.05) is 42.8 Å². The van der Waals surface area contributed by atoms with Crippen LogP contribution in [0, 0.1) is 0 Å². The Morgan fingerprint density at radius 3 is 3.00 bits per heavy atom. The summed E-state index contributed by atoms with van der Waals surface area (Å²) >= 11 is 0. The molecule has 2 N–H and O–H groups in total. The molecule has 0 saturated carbocycles. The lowest BCUT2D eigenvalue weighted by Crippen LogP contribution is -2.49. The number of methoxy groups -OCH3 is 1. The van der Waals surface area contributed by atoms with Gasteiger partial charge in [-0.15, -0.1) is 0 Å². The van der Waals surface area contributed by atoms with E-state index in [0.29, 0.717) is 6.79 Å². The number of H-pyrrole nitrogens is 1. The molecule has 3 aromatic rings. The molecule has 1 unspecified atom stereocenters. The van der Waals surface area contributed by atoms with Gasteiger partial charge in [-0.2, -0.15) is 0 Å². The van der Waals surface area contributed by atoms with E-state index in [4.69, 9.17) is 14.2 Å². The summed E-state index contributed by atoms with van der Waals surface area (Å²) in [5.41, 5.74) is 5.37. The van der Waals surface area contributed by atoms with E-state index >= 15 is 0 Å². The standard InChI is InChI=1S/C24H27N3O3/c1-28-17-3-4-20-19(13-17)18-6-9-25-24(23(18)26-20)8-11-27(14-24)10-7-16-2-5-21-22(12-16)30-15-29-21/h2-5,12-13,25-26H,6-11,14-15H2,1H3. The monoisotopic (exact) mass is 405 g/mol. The van der Waals surface area contributed by atoms with Crippen molar-refractivity contribution in [3.05, 3.63) is 53.2 Å². The van der Waals surface area contributed by atoms with Gasteiger partial charge in [0.05, 0.1) is 12.6 Å². The summed E-state index contributed by atoms with van der Waals surface area (Å²) in [6.07, 6.45) is 3.20. The normalized spacial score (nSPS) is 22.7. The fourth-order valence-electron chi connectivity index (χ4n) is 5.35. The SMILES string of the molecule is COc1ccc2[nH]c3c(c2c1)CCNC31CCN(CCc2ccc3c(c2)OCO3)C1. The summed E-state index contributed by atoms with van der Waals surface area (Å²) in [4.78, 5) is 6.33. The largest absolute Gasteiger partial charge is 0.497 e. The van der Waals surface area contributed by atoms with E-state index in [-0.39, 0.29) is 5.54 Å². The van der Waals surface area contributed by atoms with Crippen LogP contribution in [0.4, 0.5) is 0 Å². The number of ether oxygens (including phenoxy) is 3. The van der Waals surface area contributed by atoms with Gasteiger partial charge >= 0.3 is 0 Å². The number of aromatic nitrogens is 1. The third-order valence-corrected chi connectivity index (χ3v) is 6.93. The lowest BCUT2D eigenvalue weighted by molar-refractivity contribution is 0.174. The van der Waals surface area contributed by atoms with Gasteiger partial charge < -0.3 is 29.4 Å². The molecule has 0 aliphatic carbocycles. The van der Waals surface area contributed by atoms with Crippen LogP contribution in [-0.2, 0) is 18.4 Å². The smallest absolute Gasteiger partial charge is 0.231 e. The molecule has 1 fully saturated rings. The van der Waals surface area contributed by atoms with Crippen LogP contribution in [0.25, 0.3) is 10.9 Å². The van der Waals surface area contributed by atoms with E-state index in [9.17, 15) is 0 Å². The van der Waals surface area contributed by atoms with Crippen LogP contribution in [0.1, 0.15) is 23.2 Å². The minimum atomic E-state index is 0.0225. The molecular formula is C24H27N3O3. The van der Waals surface area contributed by atoms with Gasteiger partial charge in [-0.1, -0.05) is 6.07 Å². The highest BCUT2D eigenvalue weighted by Gasteiger charge is 2.43. The van der Waals surface area contributed by atoms with Crippen molar-refractivity contribution < 1.29 is 14.2 Å². The molecule has 30 heavy (non-hydrogen) atoms. The highest BCUT2D eigenvalue weighted by Crippen LogP contribution is 2.40. The van der Waals surface area contributed by atoms with Crippen molar-refractivity contribution in [1.82, 2.24) is 15.2 Å². The average molecular weight is 405 g/mol. The van der Waals surface area contributed by atoms with Gasteiger partial charge in [-0.25, -0.2) is 0 Å². The zero-order valence-corrected chi connectivity index (χ0v) is 17.3. The van der Waals surface area contributed by atoms with Gasteiger partial charge in [0.25, 0.3) is 0 Å². The molecule has 1 spiro atoms. The minimum absolute atomic E-state index is 0.0225. The fraction of sp³-hybridized carbons (Fsp3) is 0.417. The fourth-order valence-corrected chi connectivity index (χ4v) is 5.35. The number of aromatic amines is 1. The van der Waals surface area contributed by atoms with E-state index < -0.39 is 0 Å². The highest BCUT2D eigenvalue weighted by molar-refractivity contribution is 5.86. The van der Waals surface area contributed by atoms with E-state index in [0.717, 1.165) is 62.7 Å². The quantitative estimate of drug-likeness (QED) is 0.698. The summed E-state index contributed by atoms with van der Waals surface area (Å²) in [5, 5.41) is 5.17. The predicted octanol–water partition coefficient (Wildman–Crippen LogP) is 3.19. The molecule has 6 heteroatoms. The number of likely N-dealkylation sites (tertiary alicyclic amines) is 1. The number of nitrogens with zero attached hydrogens (tertiary/aromatic N) is 1. The Bertz CT molecular complexity index is 1110. The van der Waals surface area contributed by atoms with Crippen LogP contribution >= 0.6 is 0 Å². The van der Waals surface area contributed by atoms with E-state index in [1.165, 1.54) is 27.7 Å². The summed E-state index contributed by atoms with van der Waals surface area (Å²) in [6.45, 7) is 4.54. The lowest BCUT2D eigenvalue weighted by Gasteiger charge is -2.35. The third kappa shape index (κ3) is 2.86. The van der Waals surface area contributed by atoms with Crippen LogP contribution in [0.3, 0.4) is 0 Å². The Kier molecular flexibility index (Phi) is 4.18. The number of nitrogens with one attached hydrogen (secondary N) is 2. The molecule has 0 amide bonds. The summed E-state index contributed by atoms with van der Waals surface area (Å²) < 4.78 is 16.4. The van der Waals surface area contributed by atoms with E-state index in [1.807, 2.05) is 12.1 Å². The molecule has 2 aromatic carbocycles. The second kappa shape index (κ2) is 6.93. The number of hydrogen-bond acceptors (Lipinski definition) is 5. The Morgan fingerprint density at radius 2 is 2.07 bits per heavy atom. The third-order valence-electron chi connectivity index (χ3n) is 6.93. The molecule has 4 heterocycles. The van der Waals surface area contributed by atoms with E-state index in [2.05, 4.69) is 39.5 Å². The summed E-state index contributed by atoms with van der Waals surface area (Å²) in [7, 11) is 1.73. The Morgan fingerprint density at radius 1 is 1.13 bits per heavy atom. The molecule has 156 valence electrons. The molecule has 0 bridgehead atoms. The van der Waals surface area contributed by atoms with Crippen molar-refractivity contribution in [2.24, 2.45) is 0 Å². The first kappa shape index (κ1) is 18.1. The van der Waals surface area contributed by atoms with Crippen LogP contribution in [0.15, 0.2) is 36.4 Å². The number of rotatable bonds is 4. The number of fused-ring (bicyclic) bond motifs is 5. The van der Waals surface area contributed by atoms with E-state index in [1.54, 1.807) is 7.11 Å². The maximum absolute atomic E-state index is 5.53. The molecule has 6 rings (SSSR count). The topological polar surface area (TPSA) is 58.8 Å². The van der Waals surface area contributed by atoms with Gasteiger partial charge in [0.15, 0.2) is 11.5 Å². The molecular weight excluding hydrogens is 378 g/mol. The van der Waals surface area contributed by atoms with Gasteiger partial charge in [-0.05, 0) is 60.7 Å². The molecule has 0 radical (unpaired) electrons. The lowest BCUT2D eigenvalue weighted by atomic mass is 9.86. The van der Waals surface area contributed by atoms with Crippen molar-refractivity contribution >= 4 is 10.9 Å². The second-order valence-corrected chi connectivity index (χ2v) is 8.61. The Balaban J connectivity index is 1.22. The molecule has 3 aliphatic heterocycles. The zero-order chi connectivity index (χ0) is 20.1. The molecule has 1 atom stereocenters. The average Bonchev–Trinajstić information content (AvgIpc) is 3.49. The van der Waals surface area contributed by atoms with Crippen molar-refractivity contribution in [2.45, 2.75) is 24.8 Å². The first-order chi connectivity index (χ1) is 14.7. The summed E-state index contributed by atoms with van der Waals surface area (Å²) in [5.74, 6) is 2.65.